The van der Waals surface area contributed by atoms with Crippen molar-refractivity contribution in [2.24, 2.45) is 0 Å². The number of pyridine rings is 1. The maximum Gasteiger partial charge on any atom is 0.338 e. The second kappa shape index (κ2) is 7.95. The highest BCUT2D eigenvalue weighted by atomic mass is 16.5. The van der Waals surface area contributed by atoms with Gasteiger partial charge in [0.25, 0.3) is 0 Å². The molecular weight excluding hydrogens is 326 g/mol. The quantitative estimate of drug-likeness (QED) is 0.654. The monoisotopic (exact) mass is 343 g/mol. The lowest BCUT2D eigenvalue weighted by atomic mass is 10.1. The Morgan fingerprint density at radius 3 is 2.77 bits per heavy atom. The summed E-state index contributed by atoms with van der Waals surface area (Å²) in [5.74, 6) is 0.152. The van der Waals surface area contributed by atoms with Crippen molar-refractivity contribution in [2.45, 2.75) is 6.92 Å². The van der Waals surface area contributed by atoms with E-state index in [0.29, 0.717) is 23.6 Å². The number of benzene rings is 1. The van der Waals surface area contributed by atoms with E-state index in [1.54, 1.807) is 36.0 Å². The van der Waals surface area contributed by atoms with Crippen molar-refractivity contribution in [3.05, 3.63) is 83.3 Å². The third-order valence-corrected chi connectivity index (χ3v) is 3.75. The third kappa shape index (κ3) is 3.87. The van der Waals surface area contributed by atoms with Gasteiger partial charge in [0, 0.05) is 24.2 Å². The van der Waals surface area contributed by atoms with Crippen LogP contribution in [0.25, 0.3) is 18.0 Å². The average molecular weight is 343 g/mol. The molecule has 0 spiro atoms. The van der Waals surface area contributed by atoms with Crippen molar-refractivity contribution in [3.63, 3.8) is 0 Å². The molecule has 0 aliphatic heterocycles. The highest BCUT2D eigenvalue weighted by Gasteiger charge is 2.10. The van der Waals surface area contributed by atoms with Crippen molar-refractivity contribution in [2.75, 3.05) is 6.61 Å². The molecule has 1 aromatic carbocycles. The molecule has 0 N–H and O–H groups in total. The first-order valence-electron chi connectivity index (χ1n) is 8.20. The van der Waals surface area contributed by atoms with Crippen LogP contribution >= 0.6 is 0 Å². The predicted octanol–water partition coefficient (Wildman–Crippen LogP) is 4.09. The van der Waals surface area contributed by atoms with Crippen LogP contribution in [0.15, 0.2) is 61.1 Å². The summed E-state index contributed by atoms with van der Waals surface area (Å²) in [6.07, 6.45) is 8.90. The number of carbonyl (C=O) groups is 1. The van der Waals surface area contributed by atoms with Crippen LogP contribution in [0.2, 0.25) is 0 Å². The Morgan fingerprint density at radius 2 is 2.04 bits per heavy atom. The highest BCUT2D eigenvalue weighted by molar-refractivity contribution is 5.89. The van der Waals surface area contributed by atoms with Crippen LogP contribution in [-0.4, -0.2) is 22.1 Å². The summed E-state index contributed by atoms with van der Waals surface area (Å²) in [4.78, 5) is 16.2. The number of rotatable bonds is 5. The van der Waals surface area contributed by atoms with E-state index < -0.39 is 5.97 Å². The van der Waals surface area contributed by atoms with Gasteiger partial charge in [-0.3, -0.25) is 0 Å². The Hall–Kier alpha value is -3.65. The zero-order chi connectivity index (χ0) is 18.4. The highest BCUT2D eigenvalue weighted by Crippen LogP contribution is 2.18. The van der Waals surface area contributed by atoms with Crippen LogP contribution in [0.1, 0.15) is 34.0 Å². The van der Waals surface area contributed by atoms with Gasteiger partial charge in [0.15, 0.2) is 0 Å². The maximum absolute atomic E-state index is 11.9. The number of nitriles is 1. The summed E-state index contributed by atoms with van der Waals surface area (Å²) in [5.41, 5.74) is 2.78. The zero-order valence-corrected chi connectivity index (χ0v) is 14.3. The summed E-state index contributed by atoms with van der Waals surface area (Å²) in [6.45, 7) is 2.07. The van der Waals surface area contributed by atoms with Crippen molar-refractivity contribution in [1.29, 1.82) is 5.26 Å². The Balaban J connectivity index is 1.92. The maximum atomic E-state index is 11.9. The molecule has 0 aliphatic rings. The molecule has 0 bridgehead atoms. The van der Waals surface area contributed by atoms with Gasteiger partial charge < -0.3 is 9.30 Å². The smallest absolute Gasteiger partial charge is 0.338 e. The van der Waals surface area contributed by atoms with E-state index in [2.05, 4.69) is 11.1 Å². The minimum atomic E-state index is -0.395. The van der Waals surface area contributed by atoms with Gasteiger partial charge in [-0.25, -0.2) is 9.78 Å². The number of hydrogen-bond acceptors (Lipinski definition) is 4. The predicted molar refractivity (Wildman–Crippen MR) is 99.6 cm³/mol. The lowest BCUT2D eigenvalue weighted by Gasteiger charge is -2.05. The van der Waals surface area contributed by atoms with E-state index >= 15 is 0 Å². The number of aromatic nitrogens is 2. The molecular formula is C21H17N3O2. The fourth-order valence-electron chi connectivity index (χ4n) is 2.48. The molecule has 0 aliphatic carbocycles. The molecule has 0 radical (unpaired) electrons. The third-order valence-electron chi connectivity index (χ3n) is 3.75. The van der Waals surface area contributed by atoms with Gasteiger partial charge in [-0.1, -0.05) is 42.5 Å². The van der Waals surface area contributed by atoms with Gasteiger partial charge in [0.1, 0.15) is 11.9 Å². The van der Waals surface area contributed by atoms with Crippen LogP contribution in [0.3, 0.4) is 0 Å². The van der Waals surface area contributed by atoms with Gasteiger partial charge in [-0.2, -0.15) is 5.26 Å². The zero-order valence-electron chi connectivity index (χ0n) is 14.3. The van der Waals surface area contributed by atoms with E-state index in [9.17, 15) is 10.1 Å². The standard InChI is InChI=1S/C21H17N3O2/c1-2-26-21(25)17-10-11-23-20(12-17)24-14-18(19(13-22)15-24)9-8-16-6-4-3-5-7-16/h3-12,14-15H,2H2,1H3/b9-8+. The minimum absolute atomic E-state index is 0.313. The van der Waals surface area contributed by atoms with Crippen LogP contribution in [-0.2, 0) is 4.74 Å². The lowest BCUT2D eigenvalue weighted by molar-refractivity contribution is 0.0526. The normalized spacial score (nSPS) is 10.6. The molecule has 2 aromatic heterocycles. The topological polar surface area (TPSA) is 67.9 Å². The molecule has 128 valence electrons. The second-order valence-electron chi connectivity index (χ2n) is 5.51. The van der Waals surface area contributed by atoms with Crippen LogP contribution < -0.4 is 0 Å². The van der Waals surface area contributed by atoms with Crippen molar-refractivity contribution < 1.29 is 9.53 Å². The molecule has 0 unspecified atom stereocenters. The summed E-state index contributed by atoms with van der Waals surface area (Å²) in [5, 5.41) is 9.40. The molecule has 0 amide bonds. The van der Waals surface area contributed by atoms with Gasteiger partial charge in [0.05, 0.1) is 17.7 Å². The molecule has 3 aromatic rings. The number of carbonyl (C=O) groups excluding carboxylic acids is 1. The first kappa shape index (κ1) is 17.2. The minimum Gasteiger partial charge on any atom is -0.462 e. The summed E-state index contributed by atoms with van der Waals surface area (Å²) in [7, 11) is 0. The SMILES string of the molecule is CCOC(=O)c1ccnc(-n2cc(C#N)c(/C=C/c3ccccc3)c2)c1. The number of esters is 1. The van der Waals surface area contributed by atoms with Crippen LogP contribution in [0.5, 0.6) is 0 Å². The Morgan fingerprint density at radius 1 is 1.23 bits per heavy atom. The second-order valence-corrected chi connectivity index (χ2v) is 5.51. The van der Waals surface area contributed by atoms with Crippen molar-refractivity contribution in [1.82, 2.24) is 9.55 Å². The molecule has 0 saturated carbocycles. The summed E-state index contributed by atoms with van der Waals surface area (Å²) < 4.78 is 6.75. The number of ether oxygens (including phenoxy) is 1. The Kier molecular flexibility index (Phi) is 5.25. The van der Waals surface area contributed by atoms with Crippen LogP contribution in [0.4, 0.5) is 0 Å². The van der Waals surface area contributed by atoms with E-state index in [-0.39, 0.29) is 0 Å². The molecule has 0 saturated heterocycles. The Bertz CT molecular complexity index is 982. The fourth-order valence-corrected chi connectivity index (χ4v) is 2.48. The Labute approximate surface area is 151 Å². The first-order valence-corrected chi connectivity index (χ1v) is 8.20. The van der Waals surface area contributed by atoms with E-state index in [1.165, 1.54) is 0 Å². The molecule has 26 heavy (non-hydrogen) atoms. The lowest BCUT2D eigenvalue weighted by Crippen LogP contribution is -2.06. The first-order chi connectivity index (χ1) is 12.7. The van der Waals surface area contributed by atoms with Gasteiger partial charge >= 0.3 is 5.97 Å². The van der Waals surface area contributed by atoms with Gasteiger partial charge in [0.2, 0.25) is 0 Å². The average Bonchev–Trinajstić information content (AvgIpc) is 3.11. The van der Waals surface area contributed by atoms with E-state index in [1.807, 2.05) is 48.7 Å². The summed E-state index contributed by atoms with van der Waals surface area (Å²) >= 11 is 0. The molecule has 5 heteroatoms. The molecule has 3 rings (SSSR count). The number of nitrogens with zero attached hydrogens (tertiary/aromatic N) is 3. The van der Waals surface area contributed by atoms with Gasteiger partial charge in [-0.05, 0) is 24.6 Å². The molecule has 0 atom stereocenters. The van der Waals surface area contributed by atoms with E-state index in [4.69, 9.17) is 4.74 Å². The van der Waals surface area contributed by atoms with E-state index in [0.717, 1.165) is 11.1 Å². The molecule has 5 nitrogen and oxygen atoms in total. The van der Waals surface area contributed by atoms with Crippen LogP contribution in [0, 0.1) is 11.3 Å². The van der Waals surface area contributed by atoms with Crippen molar-refractivity contribution in [3.8, 4) is 11.9 Å². The van der Waals surface area contributed by atoms with Crippen molar-refractivity contribution >= 4 is 18.1 Å². The largest absolute Gasteiger partial charge is 0.462 e. The fraction of sp³-hybridized carbons (Fsp3) is 0.0952. The molecule has 0 fully saturated rings. The van der Waals surface area contributed by atoms with Gasteiger partial charge in [-0.15, -0.1) is 0 Å². The number of hydrogen-bond donors (Lipinski definition) is 0. The summed E-state index contributed by atoms with van der Waals surface area (Å²) in [6, 6.07) is 15.3. The molecule has 2 heterocycles.